The molecule has 1 N–H and O–H groups in total. The van der Waals surface area contributed by atoms with E-state index >= 15 is 0 Å². The Kier molecular flexibility index (Phi) is 4.35. The summed E-state index contributed by atoms with van der Waals surface area (Å²) in [5.74, 6) is -0.912. The Morgan fingerprint density at radius 1 is 1.50 bits per heavy atom. The van der Waals surface area contributed by atoms with Crippen LogP contribution in [0, 0.1) is 5.82 Å². The lowest BCUT2D eigenvalue weighted by atomic mass is 10.1. The molecule has 1 saturated carbocycles. The van der Waals surface area contributed by atoms with Gasteiger partial charge in [-0.05, 0) is 47.3 Å². The maximum atomic E-state index is 13.8. The monoisotopic (exact) mass is 315 g/mol. The first-order valence-corrected chi connectivity index (χ1v) is 6.70. The zero-order valence-corrected chi connectivity index (χ0v) is 11.7. The van der Waals surface area contributed by atoms with Gasteiger partial charge in [0, 0.05) is 7.11 Å². The summed E-state index contributed by atoms with van der Waals surface area (Å²) in [6, 6.07) is 4.66. The van der Waals surface area contributed by atoms with Gasteiger partial charge in [0.05, 0.1) is 22.2 Å². The highest BCUT2D eigenvalue weighted by molar-refractivity contribution is 9.10. The smallest absolute Gasteiger partial charge is 0.254 e. The van der Waals surface area contributed by atoms with Crippen LogP contribution in [0.3, 0.4) is 0 Å². The van der Waals surface area contributed by atoms with Gasteiger partial charge < -0.3 is 10.1 Å². The number of nitrogens with one attached hydrogen (secondary N) is 1. The molecule has 1 aromatic carbocycles. The number of carbonyl (C=O) groups is 1. The van der Waals surface area contributed by atoms with Gasteiger partial charge in [-0.25, -0.2) is 4.39 Å². The quantitative estimate of drug-likeness (QED) is 0.931. The predicted molar refractivity (Wildman–Crippen MR) is 70.0 cm³/mol. The normalized spacial score (nSPS) is 23.1. The maximum absolute atomic E-state index is 13.8. The van der Waals surface area contributed by atoms with Gasteiger partial charge in [-0.15, -0.1) is 0 Å². The molecule has 98 valence electrons. The van der Waals surface area contributed by atoms with Crippen molar-refractivity contribution in [2.75, 3.05) is 7.11 Å². The number of amides is 1. The highest BCUT2D eigenvalue weighted by Crippen LogP contribution is 2.23. The van der Waals surface area contributed by atoms with Gasteiger partial charge in [0.25, 0.3) is 5.91 Å². The molecule has 2 atom stereocenters. The molecule has 5 heteroatoms. The summed E-state index contributed by atoms with van der Waals surface area (Å²) in [7, 11) is 1.63. The number of rotatable bonds is 3. The number of ether oxygens (including phenoxy) is 1. The lowest BCUT2D eigenvalue weighted by Crippen LogP contribution is -2.41. The number of halogens is 2. The van der Waals surface area contributed by atoms with E-state index in [1.54, 1.807) is 19.2 Å². The van der Waals surface area contributed by atoms with Crippen molar-refractivity contribution < 1.29 is 13.9 Å². The average Bonchev–Trinajstić information content (AvgIpc) is 2.79. The molecule has 0 aliphatic heterocycles. The molecule has 0 aromatic heterocycles. The van der Waals surface area contributed by atoms with Crippen molar-refractivity contribution in [2.24, 2.45) is 0 Å². The third-order valence-electron chi connectivity index (χ3n) is 3.27. The molecule has 0 heterocycles. The van der Waals surface area contributed by atoms with E-state index < -0.39 is 5.82 Å². The number of hydrogen-bond donors (Lipinski definition) is 1. The summed E-state index contributed by atoms with van der Waals surface area (Å²) in [5, 5.41) is 2.84. The molecule has 1 aromatic rings. The van der Waals surface area contributed by atoms with E-state index in [4.69, 9.17) is 4.74 Å². The zero-order valence-electron chi connectivity index (χ0n) is 10.1. The van der Waals surface area contributed by atoms with Gasteiger partial charge in [0.2, 0.25) is 0 Å². The Hall–Kier alpha value is -0.940. The van der Waals surface area contributed by atoms with Crippen LogP contribution in [0.4, 0.5) is 4.39 Å². The Morgan fingerprint density at radius 3 is 3.00 bits per heavy atom. The Labute approximate surface area is 114 Å². The van der Waals surface area contributed by atoms with Crippen LogP contribution < -0.4 is 5.32 Å². The van der Waals surface area contributed by atoms with Crippen LogP contribution in [0.5, 0.6) is 0 Å². The first kappa shape index (κ1) is 13.5. The van der Waals surface area contributed by atoms with Crippen LogP contribution in [-0.2, 0) is 4.74 Å². The van der Waals surface area contributed by atoms with Gasteiger partial charge in [-0.2, -0.15) is 0 Å². The second-order valence-corrected chi connectivity index (χ2v) is 5.24. The topological polar surface area (TPSA) is 38.3 Å². The van der Waals surface area contributed by atoms with Crippen LogP contribution in [-0.4, -0.2) is 25.2 Å². The van der Waals surface area contributed by atoms with Crippen molar-refractivity contribution in [3.8, 4) is 0 Å². The van der Waals surface area contributed by atoms with E-state index in [-0.39, 0.29) is 23.6 Å². The fraction of sp³-hybridized carbons (Fsp3) is 0.462. The summed E-state index contributed by atoms with van der Waals surface area (Å²) in [5.41, 5.74) is 0.0612. The van der Waals surface area contributed by atoms with Crippen molar-refractivity contribution >= 4 is 21.8 Å². The molecule has 0 saturated heterocycles. The SMILES string of the molecule is COC1CCCC1NC(=O)c1cccc(Br)c1F. The van der Waals surface area contributed by atoms with Gasteiger partial charge in [0.15, 0.2) is 0 Å². The highest BCUT2D eigenvalue weighted by Gasteiger charge is 2.29. The number of benzene rings is 1. The minimum absolute atomic E-state index is 0.0270. The van der Waals surface area contributed by atoms with Gasteiger partial charge in [-0.3, -0.25) is 4.79 Å². The molecule has 0 spiro atoms. The van der Waals surface area contributed by atoms with E-state index in [0.29, 0.717) is 4.47 Å². The predicted octanol–water partition coefficient (Wildman–Crippen LogP) is 2.89. The molecule has 2 unspecified atom stereocenters. The minimum atomic E-state index is -0.526. The lowest BCUT2D eigenvalue weighted by molar-refractivity contribution is 0.0720. The largest absolute Gasteiger partial charge is 0.379 e. The number of methoxy groups -OCH3 is 1. The van der Waals surface area contributed by atoms with Gasteiger partial charge in [0.1, 0.15) is 5.82 Å². The second-order valence-electron chi connectivity index (χ2n) is 4.39. The standard InChI is InChI=1S/C13H15BrFNO2/c1-18-11-7-3-6-10(11)16-13(17)8-4-2-5-9(14)12(8)15/h2,4-5,10-11H,3,6-7H2,1H3,(H,16,17). The minimum Gasteiger partial charge on any atom is -0.379 e. The van der Waals surface area contributed by atoms with E-state index in [1.807, 2.05) is 0 Å². The molecule has 0 radical (unpaired) electrons. The first-order valence-electron chi connectivity index (χ1n) is 5.91. The summed E-state index contributed by atoms with van der Waals surface area (Å²) in [4.78, 5) is 12.0. The summed E-state index contributed by atoms with van der Waals surface area (Å²) < 4.78 is 19.4. The molecule has 1 aliphatic rings. The Morgan fingerprint density at radius 2 is 2.28 bits per heavy atom. The van der Waals surface area contributed by atoms with Crippen LogP contribution in [0.2, 0.25) is 0 Å². The molecule has 3 nitrogen and oxygen atoms in total. The summed E-state index contributed by atoms with van der Waals surface area (Å²) in [6.07, 6.45) is 2.86. The molecule has 18 heavy (non-hydrogen) atoms. The molecule has 1 amide bonds. The summed E-state index contributed by atoms with van der Waals surface area (Å²) in [6.45, 7) is 0. The highest BCUT2D eigenvalue weighted by atomic mass is 79.9. The molecule has 1 aliphatic carbocycles. The van der Waals surface area contributed by atoms with Crippen molar-refractivity contribution in [2.45, 2.75) is 31.4 Å². The van der Waals surface area contributed by atoms with Crippen molar-refractivity contribution in [3.63, 3.8) is 0 Å². The molecular formula is C13H15BrFNO2. The van der Waals surface area contributed by atoms with Gasteiger partial charge in [-0.1, -0.05) is 6.07 Å². The third-order valence-corrected chi connectivity index (χ3v) is 3.88. The van der Waals surface area contributed by atoms with Gasteiger partial charge >= 0.3 is 0 Å². The molecular weight excluding hydrogens is 301 g/mol. The number of hydrogen-bond acceptors (Lipinski definition) is 2. The first-order chi connectivity index (χ1) is 8.63. The van der Waals surface area contributed by atoms with Crippen LogP contribution in [0.15, 0.2) is 22.7 Å². The maximum Gasteiger partial charge on any atom is 0.254 e. The molecule has 0 bridgehead atoms. The van der Waals surface area contributed by atoms with Crippen molar-refractivity contribution in [1.82, 2.24) is 5.32 Å². The Balaban J connectivity index is 2.10. The fourth-order valence-corrected chi connectivity index (χ4v) is 2.66. The van der Waals surface area contributed by atoms with Crippen molar-refractivity contribution in [1.29, 1.82) is 0 Å². The van der Waals surface area contributed by atoms with E-state index in [0.717, 1.165) is 19.3 Å². The lowest BCUT2D eigenvalue weighted by Gasteiger charge is -2.19. The molecule has 1 fully saturated rings. The molecule has 2 rings (SSSR count). The second kappa shape index (κ2) is 5.80. The van der Waals surface area contributed by atoms with Crippen LogP contribution in [0.1, 0.15) is 29.6 Å². The van der Waals surface area contributed by atoms with Crippen molar-refractivity contribution in [3.05, 3.63) is 34.1 Å². The third kappa shape index (κ3) is 2.72. The zero-order chi connectivity index (χ0) is 13.1. The summed E-state index contributed by atoms with van der Waals surface area (Å²) >= 11 is 3.07. The van der Waals surface area contributed by atoms with E-state index in [9.17, 15) is 9.18 Å². The van der Waals surface area contributed by atoms with Crippen LogP contribution in [0.25, 0.3) is 0 Å². The van der Waals surface area contributed by atoms with E-state index in [1.165, 1.54) is 6.07 Å². The fourth-order valence-electron chi connectivity index (χ4n) is 2.30. The average molecular weight is 316 g/mol. The Bertz CT molecular complexity index is 453. The van der Waals surface area contributed by atoms with E-state index in [2.05, 4.69) is 21.2 Å². The van der Waals surface area contributed by atoms with Crippen LogP contribution >= 0.6 is 15.9 Å². The number of carbonyl (C=O) groups excluding carboxylic acids is 1.